The SMILES string of the molecule is COc1cccc(COc2ccc3ccc4cccc5ccc2c3c45)c1. The van der Waals surface area contributed by atoms with Crippen LogP contribution in [0.25, 0.3) is 32.3 Å². The van der Waals surface area contributed by atoms with Gasteiger partial charge in [-0.1, -0.05) is 54.6 Å². The molecule has 0 radical (unpaired) electrons. The molecule has 0 amide bonds. The monoisotopic (exact) mass is 338 g/mol. The molecule has 0 atom stereocenters. The van der Waals surface area contributed by atoms with Gasteiger partial charge in [0.05, 0.1) is 7.11 Å². The Morgan fingerprint density at radius 3 is 2.19 bits per heavy atom. The summed E-state index contributed by atoms with van der Waals surface area (Å²) in [5, 5.41) is 7.54. The predicted molar refractivity (Wildman–Crippen MR) is 107 cm³/mol. The van der Waals surface area contributed by atoms with E-state index in [9.17, 15) is 0 Å². The van der Waals surface area contributed by atoms with Gasteiger partial charge >= 0.3 is 0 Å². The van der Waals surface area contributed by atoms with E-state index in [4.69, 9.17) is 9.47 Å². The standard InChI is InChI=1S/C24H18O2/c1-25-20-7-2-4-16(14-20)15-26-22-13-11-19-9-8-17-5-3-6-18-10-12-21(22)24(19)23(17)18/h2-14H,15H2,1H3. The molecule has 126 valence electrons. The summed E-state index contributed by atoms with van der Waals surface area (Å²) in [4.78, 5) is 0. The van der Waals surface area contributed by atoms with Crippen LogP contribution in [0.5, 0.6) is 11.5 Å². The molecule has 0 aliphatic rings. The molecule has 5 rings (SSSR count). The molecule has 5 aromatic carbocycles. The first-order chi connectivity index (χ1) is 12.8. The van der Waals surface area contributed by atoms with E-state index in [1.54, 1.807) is 7.11 Å². The van der Waals surface area contributed by atoms with Crippen LogP contribution in [0, 0.1) is 0 Å². The smallest absolute Gasteiger partial charge is 0.127 e. The van der Waals surface area contributed by atoms with E-state index >= 15 is 0 Å². The van der Waals surface area contributed by atoms with Crippen molar-refractivity contribution in [2.75, 3.05) is 7.11 Å². The van der Waals surface area contributed by atoms with E-state index in [-0.39, 0.29) is 0 Å². The highest BCUT2D eigenvalue weighted by Crippen LogP contribution is 2.38. The maximum atomic E-state index is 6.19. The first-order valence-electron chi connectivity index (χ1n) is 8.76. The highest BCUT2D eigenvalue weighted by Gasteiger charge is 2.11. The molecule has 2 nitrogen and oxygen atoms in total. The summed E-state index contributed by atoms with van der Waals surface area (Å²) in [5.41, 5.74) is 1.09. The van der Waals surface area contributed by atoms with Gasteiger partial charge in [0.25, 0.3) is 0 Å². The summed E-state index contributed by atoms with van der Waals surface area (Å²) in [6, 6.07) is 27.4. The van der Waals surface area contributed by atoms with E-state index in [1.165, 1.54) is 26.9 Å². The molecule has 26 heavy (non-hydrogen) atoms. The van der Waals surface area contributed by atoms with Crippen molar-refractivity contribution >= 4 is 32.3 Å². The Morgan fingerprint density at radius 2 is 1.38 bits per heavy atom. The normalized spacial score (nSPS) is 11.4. The van der Waals surface area contributed by atoms with Crippen LogP contribution in [-0.4, -0.2) is 7.11 Å². The number of benzene rings is 5. The molecule has 0 unspecified atom stereocenters. The average molecular weight is 338 g/mol. The molecule has 5 aromatic rings. The quantitative estimate of drug-likeness (QED) is 0.365. The average Bonchev–Trinajstić information content (AvgIpc) is 2.71. The first kappa shape index (κ1) is 15.0. The van der Waals surface area contributed by atoms with Crippen LogP contribution in [0.4, 0.5) is 0 Å². The third kappa shape index (κ3) is 2.34. The lowest BCUT2D eigenvalue weighted by Crippen LogP contribution is -1.97. The molecular formula is C24H18O2. The minimum Gasteiger partial charge on any atom is -0.497 e. The highest BCUT2D eigenvalue weighted by atomic mass is 16.5. The van der Waals surface area contributed by atoms with Gasteiger partial charge in [0, 0.05) is 10.8 Å². The van der Waals surface area contributed by atoms with E-state index in [0.29, 0.717) is 6.61 Å². The predicted octanol–water partition coefficient (Wildman–Crippen LogP) is 6.17. The Kier molecular flexibility index (Phi) is 3.42. The number of rotatable bonds is 4. The zero-order valence-electron chi connectivity index (χ0n) is 14.5. The van der Waals surface area contributed by atoms with Crippen LogP contribution in [0.3, 0.4) is 0 Å². The second-order valence-corrected chi connectivity index (χ2v) is 6.56. The fourth-order valence-corrected chi connectivity index (χ4v) is 3.76. The van der Waals surface area contributed by atoms with Crippen LogP contribution < -0.4 is 9.47 Å². The number of hydrogen-bond donors (Lipinski definition) is 0. The van der Waals surface area contributed by atoms with Gasteiger partial charge in [-0.3, -0.25) is 0 Å². The molecule has 0 saturated carbocycles. The Bertz CT molecular complexity index is 1210. The molecule has 2 heteroatoms. The van der Waals surface area contributed by atoms with Gasteiger partial charge in [-0.15, -0.1) is 0 Å². The lowest BCUT2D eigenvalue weighted by Gasteiger charge is -2.14. The van der Waals surface area contributed by atoms with Crippen LogP contribution in [0.2, 0.25) is 0 Å². The number of hydrogen-bond acceptors (Lipinski definition) is 2. The van der Waals surface area contributed by atoms with E-state index in [0.717, 1.165) is 22.4 Å². The van der Waals surface area contributed by atoms with Gasteiger partial charge < -0.3 is 9.47 Å². The fraction of sp³-hybridized carbons (Fsp3) is 0.0833. The number of methoxy groups -OCH3 is 1. The largest absolute Gasteiger partial charge is 0.497 e. The summed E-state index contributed by atoms with van der Waals surface area (Å²) >= 11 is 0. The van der Waals surface area contributed by atoms with Crippen molar-refractivity contribution in [3.05, 3.63) is 84.4 Å². The van der Waals surface area contributed by atoms with Crippen molar-refractivity contribution in [2.24, 2.45) is 0 Å². The van der Waals surface area contributed by atoms with Crippen LogP contribution in [0.15, 0.2) is 78.9 Å². The second-order valence-electron chi connectivity index (χ2n) is 6.56. The van der Waals surface area contributed by atoms with Gasteiger partial charge in [0.2, 0.25) is 0 Å². The lowest BCUT2D eigenvalue weighted by molar-refractivity contribution is 0.309. The number of ether oxygens (including phenoxy) is 2. The Morgan fingerprint density at radius 1 is 0.692 bits per heavy atom. The van der Waals surface area contributed by atoms with Crippen LogP contribution in [-0.2, 0) is 6.61 Å². The van der Waals surface area contributed by atoms with Crippen molar-refractivity contribution in [2.45, 2.75) is 6.61 Å². The van der Waals surface area contributed by atoms with Gasteiger partial charge in [0.1, 0.15) is 18.1 Å². The fourth-order valence-electron chi connectivity index (χ4n) is 3.76. The third-order valence-electron chi connectivity index (χ3n) is 5.02. The Balaban J connectivity index is 1.61. The lowest BCUT2D eigenvalue weighted by atomic mass is 9.94. The third-order valence-corrected chi connectivity index (χ3v) is 5.02. The van der Waals surface area contributed by atoms with E-state index in [2.05, 4.69) is 60.7 Å². The molecule has 0 heterocycles. The molecular weight excluding hydrogens is 320 g/mol. The molecule has 0 saturated heterocycles. The van der Waals surface area contributed by atoms with E-state index < -0.39 is 0 Å². The molecule has 0 bridgehead atoms. The van der Waals surface area contributed by atoms with Crippen molar-refractivity contribution < 1.29 is 9.47 Å². The van der Waals surface area contributed by atoms with Crippen molar-refractivity contribution in [1.29, 1.82) is 0 Å². The summed E-state index contributed by atoms with van der Waals surface area (Å²) in [6.07, 6.45) is 0. The zero-order chi connectivity index (χ0) is 17.5. The Hall–Kier alpha value is -3.26. The van der Waals surface area contributed by atoms with Crippen LogP contribution >= 0.6 is 0 Å². The van der Waals surface area contributed by atoms with Crippen molar-refractivity contribution in [1.82, 2.24) is 0 Å². The molecule has 0 fully saturated rings. The minimum atomic E-state index is 0.515. The van der Waals surface area contributed by atoms with Crippen molar-refractivity contribution in [3.63, 3.8) is 0 Å². The summed E-state index contributed by atoms with van der Waals surface area (Å²) in [5.74, 6) is 1.76. The molecule has 0 aliphatic heterocycles. The minimum absolute atomic E-state index is 0.515. The maximum absolute atomic E-state index is 6.19. The molecule has 0 N–H and O–H groups in total. The summed E-state index contributed by atoms with van der Waals surface area (Å²) < 4.78 is 11.5. The molecule has 0 aromatic heterocycles. The van der Waals surface area contributed by atoms with Crippen LogP contribution in [0.1, 0.15) is 5.56 Å². The van der Waals surface area contributed by atoms with Gasteiger partial charge in [-0.05, 0) is 51.4 Å². The summed E-state index contributed by atoms with van der Waals surface area (Å²) in [7, 11) is 1.68. The summed E-state index contributed by atoms with van der Waals surface area (Å²) in [6.45, 7) is 0.515. The maximum Gasteiger partial charge on any atom is 0.127 e. The highest BCUT2D eigenvalue weighted by molar-refractivity contribution is 6.24. The second kappa shape index (κ2) is 5.92. The molecule has 0 aliphatic carbocycles. The topological polar surface area (TPSA) is 18.5 Å². The van der Waals surface area contributed by atoms with Crippen molar-refractivity contribution in [3.8, 4) is 11.5 Å². The van der Waals surface area contributed by atoms with Gasteiger partial charge in [-0.2, -0.15) is 0 Å². The van der Waals surface area contributed by atoms with Gasteiger partial charge in [0.15, 0.2) is 0 Å². The Labute approximate surface area is 151 Å². The van der Waals surface area contributed by atoms with E-state index in [1.807, 2.05) is 18.2 Å². The zero-order valence-corrected chi connectivity index (χ0v) is 14.5. The first-order valence-corrected chi connectivity index (χ1v) is 8.76. The van der Waals surface area contributed by atoms with Gasteiger partial charge in [-0.25, -0.2) is 0 Å². The molecule has 0 spiro atoms.